The van der Waals surface area contributed by atoms with Crippen LogP contribution in [0.4, 0.5) is 0 Å². The van der Waals surface area contributed by atoms with Crippen molar-refractivity contribution in [2.75, 3.05) is 13.7 Å². The summed E-state index contributed by atoms with van der Waals surface area (Å²) in [5.74, 6) is -1.65. The molecule has 0 aliphatic carbocycles. The second-order valence-electron chi connectivity index (χ2n) is 3.82. The zero-order chi connectivity index (χ0) is 13.0. The number of aliphatic hydroxyl groups is 1. The zero-order valence-electron chi connectivity index (χ0n) is 9.75. The van der Waals surface area contributed by atoms with E-state index >= 15 is 0 Å². The number of aliphatic hydroxyl groups excluding tert-OH is 1. The molecule has 1 aromatic carbocycles. The van der Waals surface area contributed by atoms with Crippen LogP contribution in [0, 0.1) is 6.92 Å². The number of carbonyl (C=O) groups excluding carboxylic acids is 1. The predicted octanol–water partition coefficient (Wildman–Crippen LogP) is 0.513. The van der Waals surface area contributed by atoms with Crippen LogP contribution < -0.4 is 0 Å². The van der Waals surface area contributed by atoms with E-state index in [1.807, 2.05) is 6.92 Å². The average molecular weight is 237 g/mol. The Hall–Kier alpha value is -1.88. The molecule has 92 valence electrons. The Kier molecular flexibility index (Phi) is 4.23. The van der Waals surface area contributed by atoms with Crippen LogP contribution in [0.25, 0.3) is 0 Å². The summed E-state index contributed by atoms with van der Waals surface area (Å²) in [5.41, 5.74) is 1.42. The van der Waals surface area contributed by atoms with Gasteiger partial charge >= 0.3 is 5.97 Å². The molecule has 0 spiro atoms. The molecule has 0 bridgehead atoms. The first-order chi connectivity index (χ1) is 7.97. The molecule has 1 aromatic rings. The topological polar surface area (TPSA) is 77.8 Å². The van der Waals surface area contributed by atoms with E-state index in [-0.39, 0.29) is 0 Å². The number of amides is 1. The molecule has 17 heavy (non-hydrogen) atoms. The number of aryl methyl sites for hydroxylation is 1. The molecule has 0 aromatic heterocycles. The third kappa shape index (κ3) is 3.04. The number of carbonyl (C=O) groups is 2. The van der Waals surface area contributed by atoms with E-state index in [0.29, 0.717) is 5.56 Å². The van der Waals surface area contributed by atoms with Gasteiger partial charge in [-0.3, -0.25) is 4.79 Å². The van der Waals surface area contributed by atoms with Crippen molar-refractivity contribution >= 4 is 11.9 Å². The molecule has 1 atom stereocenters. The standard InChI is InChI=1S/C12H15NO4/c1-8-3-5-9(6-4-8)11(15)13(2)10(7-14)12(16)17/h3-6,10,14H,7H2,1-2H3,(H,16,17). The van der Waals surface area contributed by atoms with Crippen LogP contribution in [0.15, 0.2) is 24.3 Å². The second-order valence-corrected chi connectivity index (χ2v) is 3.82. The third-order valence-corrected chi connectivity index (χ3v) is 2.54. The summed E-state index contributed by atoms with van der Waals surface area (Å²) >= 11 is 0. The van der Waals surface area contributed by atoms with Crippen molar-refractivity contribution in [3.05, 3.63) is 35.4 Å². The van der Waals surface area contributed by atoms with Gasteiger partial charge in [0.25, 0.3) is 5.91 Å². The highest BCUT2D eigenvalue weighted by molar-refractivity contribution is 5.96. The second kappa shape index (κ2) is 5.45. The molecule has 1 rings (SSSR count). The largest absolute Gasteiger partial charge is 0.480 e. The number of hydrogen-bond donors (Lipinski definition) is 2. The quantitative estimate of drug-likeness (QED) is 0.800. The molecule has 0 saturated carbocycles. The highest BCUT2D eigenvalue weighted by Crippen LogP contribution is 2.08. The van der Waals surface area contributed by atoms with Crippen molar-refractivity contribution < 1.29 is 19.8 Å². The van der Waals surface area contributed by atoms with Crippen molar-refractivity contribution in [2.24, 2.45) is 0 Å². The minimum Gasteiger partial charge on any atom is -0.480 e. The highest BCUT2D eigenvalue weighted by atomic mass is 16.4. The van der Waals surface area contributed by atoms with E-state index in [1.54, 1.807) is 24.3 Å². The number of carboxylic acid groups (broad SMARTS) is 1. The average Bonchev–Trinajstić information content (AvgIpc) is 2.29. The van der Waals surface area contributed by atoms with Crippen molar-refractivity contribution in [3.8, 4) is 0 Å². The Morgan fingerprint density at radius 3 is 2.24 bits per heavy atom. The van der Waals surface area contributed by atoms with Crippen LogP contribution in [0.1, 0.15) is 15.9 Å². The van der Waals surface area contributed by atoms with Gasteiger partial charge in [0.15, 0.2) is 6.04 Å². The number of rotatable bonds is 4. The smallest absolute Gasteiger partial charge is 0.328 e. The highest BCUT2D eigenvalue weighted by Gasteiger charge is 2.26. The molecule has 1 amide bonds. The predicted molar refractivity (Wildman–Crippen MR) is 61.8 cm³/mol. The van der Waals surface area contributed by atoms with E-state index in [0.717, 1.165) is 10.5 Å². The molecule has 1 unspecified atom stereocenters. The van der Waals surface area contributed by atoms with Crippen molar-refractivity contribution in [1.82, 2.24) is 4.90 Å². The Labute approximate surface area is 99.3 Å². The SMILES string of the molecule is Cc1ccc(C(=O)N(C)C(CO)C(=O)O)cc1. The van der Waals surface area contributed by atoms with Crippen molar-refractivity contribution in [2.45, 2.75) is 13.0 Å². The fourth-order valence-corrected chi connectivity index (χ4v) is 1.41. The molecule has 2 N–H and O–H groups in total. The first kappa shape index (κ1) is 13.2. The fourth-order valence-electron chi connectivity index (χ4n) is 1.41. The Morgan fingerprint density at radius 1 is 1.29 bits per heavy atom. The lowest BCUT2D eigenvalue weighted by molar-refractivity contribution is -0.143. The van der Waals surface area contributed by atoms with Crippen LogP contribution in [0.5, 0.6) is 0 Å². The first-order valence-electron chi connectivity index (χ1n) is 5.15. The maximum atomic E-state index is 11.9. The van der Waals surface area contributed by atoms with E-state index in [9.17, 15) is 9.59 Å². The van der Waals surface area contributed by atoms with Crippen LogP contribution in [-0.2, 0) is 4.79 Å². The molecule has 0 aliphatic heterocycles. The Morgan fingerprint density at radius 2 is 1.82 bits per heavy atom. The first-order valence-corrected chi connectivity index (χ1v) is 5.15. The minimum atomic E-state index is -1.23. The van der Waals surface area contributed by atoms with Gasteiger partial charge in [0.2, 0.25) is 0 Å². The number of aliphatic carboxylic acids is 1. The van der Waals surface area contributed by atoms with Crippen molar-refractivity contribution in [1.29, 1.82) is 0 Å². The number of likely N-dealkylation sites (N-methyl/N-ethyl adjacent to an activating group) is 1. The number of benzene rings is 1. The molecule has 0 heterocycles. The summed E-state index contributed by atoms with van der Waals surface area (Å²) in [5, 5.41) is 17.8. The van der Waals surface area contributed by atoms with Crippen molar-refractivity contribution in [3.63, 3.8) is 0 Å². The van der Waals surface area contributed by atoms with Gasteiger partial charge in [-0.25, -0.2) is 4.79 Å². The van der Waals surface area contributed by atoms with Crippen LogP contribution in [0.2, 0.25) is 0 Å². The van der Waals surface area contributed by atoms with Gasteiger partial charge in [0.1, 0.15) is 0 Å². The summed E-state index contributed by atoms with van der Waals surface area (Å²) < 4.78 is 0. The van der Waals surface area contributed by atoms with Gasteiger partial charge in [-0.15, -0.1) is 0 Å². The summed E-state index contributed by atoms with van der Waals surface area (Å²) in [6.45, 7) is 1.29. The van der Waals surface area contributed by atoms with E-state index < -0.39 is 24.5 Å². The molecular weight excluding hydrogens is 222 g/mol. The summed E-state index contributed by atoms with van der Waals surface area (Å²) in [6.07, 6.45) is 0. The molecule has 0 fully saturated rings. The molecule has 5 heteroatoms. The number of nitrogens with zero attached hydrogens (tertiary/aromatic N) is 1. The van der Waals surface area contributed by atoms with Gasteiger partial charge in [0, 0.05) is 12.6 Å². The lowest BCUT2D eigenvalue weighted by Gasteiger charge is -2.23. The lowest BCUT2D eigenvalue weighted by atomic mass is 10.1. The molecule has 0 radical (unpaired) electrons. The Bertz CT molecular complexity index is 413. The van der Waals surface area contributed by atoms with Gasteiger partial charge < -0.3 is 15.1 Å². The third-order valence-electron chi connectivity index (χ3n) is 2.54. The van der Waals surface area contributed by atoms with Crippen LogP contribution in [0.3, 0.4) is 0 Å². The molecule has 5 nitrogen and oxygen atoms in total. The van der Waals surface area contributed by atoms with Crippen LogP contribution >= 0.6 is 0 Å². The van der Waals surface area contributed by atoms with Gasteiger partial charge in [-0.05, 0) is 19.1 Å². The van der Waals surface area contributed by atoms with Gasteiger partial charge in [-0.2, -0.15) is 0 Å². The van der Waals surface area contributed by atoms with Gasteiger partial charge in [-0.1, -0.05) is 17.7 Å². The summed E-state index contributed by atoms with van der Waals surface area (Å²) in [6, 6.07) is 5.59. The normalized spacial score (nSPS) is 11.9. The summed E-state index contributed by atoms with van der Waals surface area (Å²) in [7, 11) is 1.36. The summed E-state index contributed by atoms with van der Waals surface area (Å²) in [4.78, 5) is 23.7. The minimum absolute atomic E-state index is 0.401. The fraction of sp³-hybridized carbons (Fsp3) is 0.333. The Balaban J connectivity index is 2.89. The van der Waals surface area contributed by atoms with Crippen LogP contribution in [-0.4, -0.2) is 46.7 Å². The van der Waals surface area contributed by atoms with E-state index in [1.165, 1.54) is 7.05 Å². The van der Waals surface area contributed by atoms with E-state index in [2.05, 4.69) is 0 Å². The van der Waals surface area contributed by atoms with E-state index in [4.69, 9.17) is 10.2 Å². The molecule has 0 saturated heterocycles. The molecule has 0 aliphatic rings. The number of hydrogen-bond acceptors (Lipinski definition) is 3. The monoisotopic (exact) mass is 237 g/mol. The van der Waals surface area contributed by atoms with Gasteiger partial charge in [0.05, 0.1) is 6.61 Å². The lowest BCUT2D eigenvalue weighted by Crippen LogP contribution is -2.44. The number of carboxylic acids is 1. The molecular formula is C12H15NO4. The maximum Gasteiger partial charge on any atom is 0.328 e. The zero-order valence-corrected chi connectivity index (χ0v) is 9.75. The maximum absolute atomic E-state index is 11.9.